The summed E-state index contributed by atoms with van der Waals surface area (Å²) >= 11 is 0. The molecule has 40 heavy (non-hydrogen) atoms. The molecule has 8 nitrogen and oxygen atoms in total. The minimum atomic E-state index is -2.00. The van der Waals surface area contributed by atoms with Crippen LogP contribution in [0.25, 0.3) is 0 Å². The number of ketones is 2. The van der Waals surface area contributed by atoms with Gasteiger partial charge in [0.25, 0.3) is 0 Å². The highest BCUT2D eigenvalue weighted by Crippen LogP contribution is 2.74. The first-order valence-electron chi connectivity index (χ1n) is 14.6. The zero-order chi connectivity index (χ0) is 30.3. The van der Waals surface area contributed by atoms with E-state index >= 15 is 0 Å². The number of carbonyl (C=O) groups excluding carboxylic acids is 3. The minimum absolute atomic E-state index is 0.0150. The molecule has 0 bridgehead atoms. The predicted octanol–water partition coefficient (Wildman–Crippen LogP) is 3.29. The summed E-state index contributed by atoms with van der Waals surface area (Å²) in [5, 5.41) is 45.1. The van der Waals surface area contributed by atoms with E-state index in [0.717, 1.165) is 5.57 Å². The first-order chi connectivity index (χ1) is 18.2. The maximum Gasteiger partial charge on any atom is 0.303 e. The number of aliphatic hydroxyl groups is 4. The molecule has 0 saturated heterocycles. The van der Waals surface area contributed by atoms with Gasteiger partial charge in [0.2, 0.25) is 0 Å². The molecule has 0 aromatic rings. The summed E-state index contributed by atoms with van der Waals surface area (Å²) in [6.07, 6.45) is 5.10. The lowest BCUT2D eigenvalue weighted by Crippen LogP contribution is -2.66. The first-order valence-corrected chi connectivity index (χ1v) is 14.6. The van der Waals surface area contributed by atoms with Gasteiger partial charge in [-0.3, -0.25) is 14.4 Å². The van der Waals surface area contributed by atoms with Crippen LogP contribution in [0.2, 0.25) is 0 Å². The topological polar surface area (TPSA) is 141 Å². The Balaban J connectivity index is 1.76. The zero-order valence-electron chi connectivity index (χ0n) is 25.3. The lowest BCUT2D eigenvalue weighted by Gasteiger charge is -2.65. The van der Waals surface area contributed by atoms with Gasteiger partial charge in [0.15, 0.2) is 5.78 Å². The van der Waals surface area contributed by atoms with Crippen molar-refractivity contribution in [3.05, 3.63) is 23.8 Å². The summed E-state index contributed by atoms with van der Waals surface area (Å²) in [6.45, 7) is 13.5. The SMILES string of the molecule is CC(=O)OC(C)(C)C=CC(=O)[C@](C)(O)[C@H]1[C@H](O)C[C@@]2(C)[C@@H]3CC=C4[C@@H](CC[C@H](O)C4(C)C)[C@]3(CO)C(=O)C[C@]12C. The lowest BCUT2D eigenvalue weighted by atomic mass is 9.38. The Morgan fingerprint density at radius 2 is 1.73 bits per heavy atom. The Morgan fingerprint density at radius 1 is 1.10 bits per heavy atom. The average molecular weight is 561 g/mol. The number of hydrogen-bond donors (Lipinski definition) is 4. The molecule has 8 heteroatoms. The fourth-order valence-electron chi connectivity index (χ4n) is 9.56. The third-order valence-electron chi connectivity index (χ3n) is 11.7. The average Bonchev–Trinajstić information content (AvgIpc) is 3.03. The molecular formula is C32H48O8. The Kier molecular flexibility index (Phi) is 7.44. The molecule has 0 aliphatic heterocycles. The van der Waals surface area contributed by atoms with E-state index in [1.165, 1.54) is 26.0 Å². The molecule has 9 atom stereocenters. The predicted molar refractivity (Wildman–Crippen MR) is 149 cm³/mol. The molecule has 224 valence electrons. The largest absolute Gasteiger partial charge is 0.456 e. The molecule has 0 aromatic carbocycles. The molecule has 3 saturated carbocycles. The molecule has 0 aromatic heterocycles. The van der Waals surface area contributed by atoms with Crippen LogP contribution in [0, 0.1) is 39.4 Å². The molecule has 4 N–H and O–H groups in total. The monoisotopic (exact) mass is 560 g/mol. The van der Waals surface area contributed by atoms with E-state index < -0.39 is 62.7 Å². The molecule has 0 radical (unpaired) electrons. The van der Waals surface area contributed by atoms with Crippen molar-refractivity contribution in [2.45, 2.75) is 111 Å². The van der Waals surface area contributed by atoms with Crippen molar-refractivity contribution in [3.63, 3.8) is 0 Å². The highest BCUT2D eigenvalue weighted by molar-refractivity contribution is 5.97. The van der Waals surface area contributed by atoms with Crippen molar-refractivity contribution >= 4 is 17.5 Å². The van der Waals surface area contributed by atoms with Gasteiger partial charge >= 0.3 is 5.97 Å². The van der Waals surface area contributed by atoms with Crippen LogP contribution in [0.4, 0.5) is 0 Å². The van der Waals surface area contributed by atoms with E-state index in [1.807, 2.05) is 27.7 Å². The second kappa shape index (κ2) is 9.58. The molecule has 0 heterocycles. The Hall–Kier alpha value is -1.87. The summed E-state index contributed by atoms with van der Waals surface area (Å²) in [5.74, 6) is -2.70. The highest BCUT2D eigenvalue weighted by Gasteiger charge is 2.75. The smallest absolute Gasteiger partial charge is 0.303 e. The standard InChI is InChI=1S/C32H48O8/c1-18(34)40-27(2,3)14-13-24(37)31(8,39)26-21(35)15-29(6)22-11-9-19-20(10-12-23(36)28(19,4)5)32(22,17-33)25(38)16-30(26,29)7/h9,13-14,20-23,26,33,35-36,39H,10-12,15-17H2,1-8H3/t20-,21-,22+,23+,26+,29+,30-,31+,32+/m1/s1. The van der Waals surface area contributed by atoms with Crippen molar-refractivity contribution in [2.24, 2.45) is 39.4 Å². The van der Waals surface area contributed by atoms with Gasteiger partial charge in [0, 0.05) is 24.7 Å². The maximum absolute atomic E-state index is 14.4. The van der Waals surface area contributed by atoms with Crippen LogP contribution in [-0.2, 0) is 19.1 Å². The first kappa shape index (κ1) is 31.1. The van der Waals surface area contributed by atoms with E-state index in [0.29, 0.717) is 19.3 Å². The van der Waals surface area contributed by atoms with Gasteiger partial charge in [-0.2, -0.15) is 0 Å². The summed E-state index contributed by atoms with van der Waals surface area (Å²) in [5.41, 5.74) is -5.21. The second-order valence-corrected chi connectivity index (χ2v) is 14.7. The van der Waals surface area contributed by atoms with Crippen LogP contribution in [0.1, 0.15) is 87.5 Å². The van der Waals surface area contributed by atoms with Gasteiger partial charge in [-0.1, -0.05) is 39.3 Å². The molecule has 0 amide bonds. The molecule has 3 fully saturated rings. The number of fused-ring (bicyclic) bond motifs is 5. The summed E-state index contributed by atoms with van der Waals surface area (Å²) in [7, 11) is 0. The van der Waals surface area contributed by atoms with Gasteiger partial charge in [-0.05, 0) is 81.3 Å². The van der Waals surface area contributed by atoms with Crippen LogP contribution in [0.5, 0.6) is 0 Å². The number of esters is 1. The maximum atomic E-state index is 14.4. The zero-order valence-corrected chi connectivity index (χ0v) is 25.3. The van der Waals surface area contributed by atoms with E-state index in [2.05, 4.69) is 6.08 Å². The molecule has 0 unspecified atom stereocenters. The number of hydrogen-bond acceptors (Lipinski definition) is 8. The van der Waals surface area contributed by atoms with Crippen LogP contribution in [-0.4, -0.2) is 68.0 Å². The van der Waals surface area contributed by atoms with Crippen molar-refractivity contribution < 1.29 is 39.5 Å². The van der Waals surface area contributed by atoms with Gasteiger partial charge in [0.1, 0.15) is 17.0 Å². The summed E-state index contributed by atoms with van der Waals surface area (Å²) in [4.78, 5) is 39.3. The van der Waals surface area contributed by atoms with E-state index in [4.69, 9.17) is 4.74 Å². The van der Waals surface area contributed by atoms with E-state index in [9.17, 15) is 34.8 Å². The van der Waals surface area contributed by atoms with Crippen molar-refractivity contribution in [2.75, 3.05) is 6.61 Å². The molecule has 4 rings (SSSR count). The molecule has 4 aliphatic carbocycles. The molecule has 0 spiro atoms. The van der Waals surface area contributed by atoms with Crippen LogP contribution in [0.15, 0.2) is 23.8 Å². The fraction of sp³-hybridized carbons (Fsp3) is 0.781. The normalized spacial score (nSPS) is 42.4. The van der Waals surface area contributed by atoms with Crippen LogP contribution >= 0.6 is 0 Å². The third-order valence-corrected chi connectivity index (χ3v) is 11.7. The van der Waals surface area contributed by atoms with Crippen LogP contribution < -0.4 is 0 Å². The third kappa shape index (κ3) is 4.19. The van der Waals surface area contributed by atoms with Crippen molar-refractivity contribution in [1.29, 1.82) is 0 Å². The number of carbonyl (C=O) groups is 3. The van der Waals surface area contributed by atoms with Gasteiger partial charge in [-0.25, -0.2) is 0 Å². The van der Waals surface area contributed by atoms with Crippen molar-refractivity contribution in [1.82, 2.24) is 0 Å². The highest BCUT2D eigenvalue weighted by atomic mass is 16.6. The van der Waals surface area contributed by atoms with Crippen molar-refractivity contribution in [3.8, 4) is 0 Å². The van der Waals surface area contributed by atoms with Crippen LogP contribution in [0.3, 0.4) is 0 Å². The van der Waals surface area contributed by atoms with Gasteiger partial charge in [-0.15, -0.1) is 0 Å². The second-order valence-electron chi connectivity index (χ2n) is 14.7. The Morgan fingerprint density at radius 3 is 2.30 bits per heavy atom. The molecule has 4 aliphatic rings. The summed E-state index contributed by atoms with van der Waals surface area (Å²) < 4.78 is 5.23. The number of aliphatic hydroxyl groups excluding tert-OH is 3. The van der Waals surface area contributed by atoms with E-state index in [-0.39, 0.29) is 37.1 Å². The number of ether oxygens (including phenoxy) is 1. The Bertz CT molecular complexity index is 1150. The number of Topliss-reactive ketones (excluding diaryl/α,β-unsaturated/α-hetero) is 1. The van der Waals surface area contributed by atoms with E-state index in [1.54, 1.807) is 13.8 Å². The number of allylic oxidation sites excluding steroid dienone is 1. The molecular weight excluding hydrogens is 512 g/mol. The van der Waals surface area contributed by atoms with Gasteiger partial charge < -0.3 is 25.2 Å². The lowest BCUT2D eigenvalue weighted by molar-refractivity contribution is -0.191. The van der Waals surface area contributed by atoms with Gasteiger partial charge in [0.05, 0.1) is 24.2 Å². The quantitative estimate of drug-likeness (QED) is 0.220. The minimum Gasteiger partial charge on any atom is -0.456 e. The number of rotatable bonds is 6. The Labute approximate surface area is 237 Å². The fourth-order valence-corrected chi connectivity index (χ4v) is 9.56. The summed E-state index contributed by atoms with van der Waals surface area (Å²) in [6, 6.07) is 0.